The molecule has 2 aliphatic rings. The van der Waals surface area contributed by atoms with Gasteiger partial charge in [0.05, 0.1) is 5.41 Å². The van der Waals surface area contributed by atoms with Crippen LogP contribution in [-0.2, 0) is 14.3 Å². The van der Waals surface area contributed by atoms with Crippen molar-refractivity contribution in [3.63, 3.8) is 0 Å². The van der Waals surface area contributed by atoms with Crippen molar-refractivity contribution in [2.45, 2.75) is 45.4 Å². The number of fused-ring (bicyclic) bond motifs is 3. The Morgan fingerprint density at radius 1 is 0.943 bits per heavy atom. The molecule has 0 bridgehead atoms. The van der Waals surface area contributed by atoms with Crippen LogP contribution >= 0.6 is 0 Å². The number of hydrogen-bond donors (Lipinski definition) is 3. The van der Waals surface area contributed by atoms with Crippen LogP contribution < -0.4 is 10.6 Å². The molecule has 1 saturated carbocycles. The van der Waals surface area contributed by atoms with Gasteiger partial charge in [0.25, 0.3) is 0 Å². The SMILES string of the molecule is CC(C)(CNC(=O)CC1CCC(CNC(=O)OCC2c3ccccc3-c3ccccc32)C1)C(=O)O. The number of rotatable bonds is 9. The van der Waals surface area contributed by atoms with Gasteiger partial charge in [0.1, 0.15) is 6.61 Å². The van der Waals surface area contributed by atoms with Crippen molar-refractivity contribution in [1.29, 1.82) is 0 Å². The predicted molar refractivity (Wildman–Crippen MR) is 133 cm³/mol. The summed E-state index contributed by atoms with van der Waals surface area (Å²) >= 11 is 0. The van der Waals surface area contributed by atoms with E-state index in [4.69, 9.17) is 9.84 Å². The average Bonchev–Trinajstić information content (AvgIpc) is 3.42. The topological polar surface area (TPSA) is 105 Å². The molecule has 2 unspecified atom stereocenters. The van der Waals surface area contributed by atoms with E-state index in [1.54, 1.807) is 13.8 Å². The largest absolute Gasteiger partial charge is 0.481 e. The number of nitrogens with one attached hydrogen (secondary N) is 2. The highest BCUT2D eigenvalue weighted by molar-refractivity contribution is 5.79. The summed E-state index contributed by atoms with van der Waals surface area (Å²) in [6.45, 7) is 4.12. The zero-order valence-corrected chi connectivity index (χ0v) is 20.4. The van der Waals surface area contributed by atoms with Gasteiger partial charge in [-0.05, 0) is 67.2 Å². The Bertz CT molecular complexity index is 1050. The minimum absolute atomic E-state index is 0.0358. The second kappa shape index (κ2) is 10.5. The average molecular weight is 479 g/mol. The van der Waals surface area contributed by atoms with Crippen LogP contribution in [0.4, 0.5) is 4.79 Å². The number of ether oxygens (including phenoxy) is 1. The molecule has 2 atom stereocenters. The molecule has 1 fully saturated rings. The van der Waals surface area contributed by atoms with Gasteiger partial charge in [-0.15, -0.1) is 0 Å². The maximum absolute atomic E-state index is 12.4. The molecule has 3 N–H and O–H groups in total. The standard InChI is InChI=1S/C28H34N2O5/c1-28(2,26(32)33)17-30-25(31)14-18-11-12-19(13-18)15-29-27(34)35-16-24-22-9-5-3-7-20(22)21-8-4-6-10-23(21)24/h3-10,18-19,24H,11-17H2,1-2H3,(H,29,34)(H,30,31)(H,32,33). The molecule has 2 aromatic rings. The van der Waals surface area contributed by atoms with Gasteiger partial charge in [-0.3, -0.25) is 9.59 Å². The normalized spacial score (nSPS) is 19.0. The maximum atomic E-state index is 12.4. The Labute approximate surface area is 206 Å². The predicted octanol–water partition coefficient (Wildman–Crippen LogP) is 4.56. The van der Waals surface area contributed by atoms with Gasteiger partial charge in [0.15, 0.2) is 0 Å². The highest BCUT2D eigenvalue weighted by Gasteiger charge is 2.31. The molecule has 0 spiro atoms. The Balaban J connectivity index is 1.19. The number of aliphatic carboxylic acids is 1. The zero-order valence-electron chi connectivity index (χ0n) is 20.4. The summed E-state index contributed by atoms with van der Waals surface area (Å²) in [5.41, 5.74) is 3.78. The maximum Gasteiger partial charge on any atom is 0.407 e. The zero-order chi connectivity index (χ0) is 25.0. The van der Waals surface area contributed by atoms with Gasteiger partial charge in [-0.1, -0.05) is 48.5 Å². The van der Waals surface area contributed by atoms with Crippen molar-refractivity contribution in [3.05, 3.63) is 59.7 Å². The van der Waals surface area contributed by atoms with Gasteiger partial charge in [-0.2, -0.15) is 0 Å². The first-order chi connectivity index (χ1) is 16.7. The van der Waals surface area contributed by atoms with Crippen LogP contribution in [0.1, 0.15) is 56.6 Å². The third-order valence-corrected chi connectivity index (χ3v) is 7.31. The quantitative estimate of drug-likeness (QED) is 0.490. The van der Waals surface area contributed by atoms with Crippen LogP contribution in [0.5, 0.6) is 0 Å². The molecular formula is C28H34N2O5. The Morgan fingerprint density at radius 3 is 2.17 bits per heavy atom. The van der Waals surface area contributed by atoms with E-state index < -0.39 is 17.5 Å². The van der Waals surface area contributed by atoms with Crippen molar-refractivity contribution in [1.82, 2.24) is 10.6 Å². The van der Waals surface area contributed by atoms with Gasteiger partial charge < -0.3 is 20.5 Å². The van der Waals surface area contributed by atoms with Gasteiger partial charge in [0.2, 0.25) is 5.91 Å². The third kappa shape index (κ3) is 5.84. The summed E-state index contributed by atoms with van der Waals surface area (Å²) in [6.07, 6.45) is 2.70. The second-order valence-corrected chi connectivity index (χ2v) is 10.4. The minimum atomic E-state index is -0.985. The molecule has 7 heteroatoms. The highest BCUT2D eigenvalue weighted by atomic mass is 16.5. The number of carboxylic acid groups (broad SMARTS) is 1. The fraction of sp³-hybridized carbons (Fsp3) is 0.464. The van der Waals surface area contributed by atoms with Gasteiger partial charge in [0, 0.05) is 25.4 Å². The van der Waals surface area contributed by atoms with Crippen LogP contribution in [0.25, 0.3) is 11.1 Å². The Hall–Kier alpha value is -3.35. The van der Waals surface area contributed by atoms with E-state index >= 15 is 0 Å². The summed E-state index contributed by atoms with van der Waals surface area (Å²) < 4.78 is 5.61. The number of carbonyl (C=O) groups excluding carboxylic acids is 2. The van der Waals surface area contributed by atoms with Crippen LogP contribution in [0.2, 0.25) is 0 Å². The van der Waals surface area contributed by atoms with Gasteiger partial charge >= 0.3 is 12.1 Å². The molecule has 0 heterocycles. The first kappa shape index (κ1) is 24.8. The number of alkyl carbamates (subject to hydrolysis) is 1. The third-order valence-electron chi connectivity index (χ3n) is 7.31. The summed E-state index contributed by atoms with van der Waals surface area (Å²) in [7, 11) is 0. The van der Waals surface area contributed by atoms with E-state index in [0.29, 0.717) is 25.5 Å². The lowest BCUT2D eigenvalue weighted by Crippen LogP contribution is -2.39. The lowest BCUT2D eigenvalue weighted by molar-refractivity contribution is -0.146. The lowest BCUT2D eigenvalue weighted by Gasteiger charge is -2.20. The summed E-state index contributed by atoms with van der Waals surface area (Å²) in [6, 6.07) is 16.5. The fourth-order valence-electron chi connectivity index (χ4n) is 5.16. The summed E-state index contributed by atoms with van der Waals surface area (Å²) in [5.74, 6) is -0.456. The molecule has 0 radical (unpaired) electrons. The van der Waals surface area contributed by atoms with E-state index in [2.05, 4.69) is 34.9 Å². The number of benzene rings is 2. The molecule has 186 valence electrons. The lowest BCUT2D eigenvalue weighted by atomic mass is 9.93. The van der Waals surface area contributed by atoms with Crippen molar-refractivity contribution >= 4 is 18.0 Å². The molecule has 2 aromatic carbocycles. The van der Waals surface area contributed by atoms with Crippen LogP contribution in [0.15, 0.2) is 48.5 Å². The molecule has 2 amide bonds. The van der Waals surface area contributed by atoms with Crippen molar-refractivity contribution in [2.75, 3.05) is 19.7 Å². The minimum Gasteiger partial charge on any atom is -0.481 e. The number of carbonyl (C=O) groups is 3. The smallest absolute Gasteiger partial charge is 0.407 e. The number of hydrogen-bond acceptors (Lipinski definition) is 4. The Kier molecular flexibility index (Phi) is 7.43. The number of carboxylic acids is 1. The van der Waals surface area contributed by atoms with Crippen LogP contribution in [0, 0.1) is 17.3 Å². The molecular weight excluding hydrogens is 444 g/mol. The van der Waals surface area contributed by atoms with Crippen molar-refractivity contribution in [3.8, 4) is 11.1 Å². The van der Waals surface area contributed by atoms with E-state index in [1.807, 2.05) is 24.3 Å². The molecule has 0 aliphatic heterocycles. The molecule has 0 saturated heterocycles. The van der Waals surface area contributed by atoms with E-state index in [0.717, 1.165) is 19.3 Å². The van der Waals surface area contributed by atoms with E-state index in [-0.39, 0.29) is 24.3 Å². The molecule has 0 aromatic heterocycles. The van der Waals surface area contributed by atoms with Gasteiger partial charge in [-0.25, -0.2) is 4.79 Å². The first-order valence-electron chi connectivity index (χ1n) is 12.3. The monoisotopic (exact) mass is 478 g/mol. The summed E-state index contributed by atoms with van der Waals surface area (Å²) in [4.78, 5) is 35.8. The van der Waals surface area contributed by atoms with Crippen molar-refractivity contribution in [2.24, 2.45) is 17.3 Å². The van der Waals surface area contributed by atoms with Crippen LogP contribution in [0.3, 0.4) is 0 Å². The highest BCUT2D eigenvalue weighted by Crippen LogP contribution is 2.44. The van der Waals surface area contributed by atoms with Crippen LogP contribution in [-0.4, -0.2) is 42.8 Å². The van der Waals surface area contributed by atoms with Crippen molar-refractivity contribution < 1.29 is 24.2 Å². The summed E-state index contributed by atoms with van der Waals surface area (Å²) in [5, 5.41) is 14.8. The first-order valence-corrected chi connectivity index (χ1v) is 12.3. The molecule has 4 rings (SSSR count). The molecule has 35 heavy (non-hydrogen) atoms. The molecule has 2 aliphatic carbocycles. The van der Waals surface area contributed by atoms with E-state index in [1.165, 1.54) is 22.3 Å². The Morgan fingerprint density at radius 2 is 1.54 bits per heavy atom. The second-order valence-electron chi connectivity index (χ2n) is 10.4. The van der Waals surface area contributed by atoms with E-state index in [9.17, 15) is 14.4 Å². The number of amides is 2. The molecule has 7 nitrogen and oxygen atoms in total. The fourth-order valence-corrected chi connectivity index (χ4v) is 5.16.